The second-order valence-electron chi connectivity index (χ2n) is 12.4. The largest absolute Gasteiger partial charge is 0.507 e. The normalized spacial score (nSPS) is 33.9. The van der Waals surface area contributed by atoms with Gasteiger partial charge >= 0.3 is 0 Å². The minimum absolute atomic E-state index is 0.0273. The lowest BCUT2D eigenvalue weighted by atomic mass is 9.72. The van der Waals surface area contributed by atoms with Crippen molar-refractivity contribution in [3.63, 3.8) is 0 Å². The van der Waals surface area contributed by atoms with Crippen LogP contribution in [-0.2, 0) is 30.2 Å². The van der Waals surface area contributed by atoms with Gasteiger partial charge in [-0.2, -0.15) is 0 Å². The van der Waals surface area contributed by atoms with Gasteiger partial charge in [-0.25, -0.2) is 0 Å². The number of aliphatic hydroxyl groups is 2. The molecule has 0 aromatic heterocycles. The summed E-state index contributed by atoms with van der Waals surface area (Å²) in [5.41, 5.74) is -3.34. The Morgan fingerprint density at radius 1 is 1.07 bits per heavy atom. The third-order valence-corrected chi connectivity index (χ3v) is 9.88. The summed E-state index contributed by atoms with van der Waals surface area (Å²) in [6.45, 7) is 3.99. The molecule has 0 bridgehead atoms. The highest BCUT2D eigenvalue weighted by atomic mass is 16.7. The van der Waals surface area contributed by atoms with Crippen LogP contribution in [0.25, 0.3) is 0 Å². The van der Waals surface area contributed by atoms with Crippen LogP contribution in [0.2, 0.25) is 0 Å². The SMILES string of the molecule is COc1cccc2c1C(=O)c1c(O)c3c(c(O)c1C2=O)C[C@@](O)(C(=O)CO)C[C@@H]3O[C@H]1CC2C(O[C@@H]3[C@@H](C)OCCN23)[C@H](C)O1. The molecule has 240 valence electrons. The topological polar surface area (TPSA) is 182 Å². The summed E-state index contributed by atoms with van der Waals surface area (Å²) >= 11 is 0. The number of hydrogen-bond donors (Lipinski definition) is 4. The summed E-state index contributed by atoms with van der Waals surface area (Å²) in [7, 11) is 1.35. The molecule has 2 aromatic carbocycles. The van der Waals surface area contributed by atoms with Gasteiger partial charge in [-0.3, -0.25) is 19.3 Å². The van der Waals surface area contributed by atoms with Crippen LogP contribution in [0.3, 0.4) is 0 Å². The predicted molar refractivity (Wildman–Crippen MR) is 152 cm³/mol. The van der Waals surface area contributed by atoms with Gasteiger partial charge < -0.3 is 44.1 Å². The number of Topliss-reactive ketones (excluding diaryl/α,β-unsaturated/α-hetero) is 1. The van der Waals surface area contributed by atoms with E-state index in [2.05, 4.69) is 4.90 Å². The summed E-state index contributed by atoms with van der Waals surface area (Å²) in [5.74, 6) is -3.54. The molecule has 2 aromatic rings. The van der Waals surface area contributed by atoms with E-state index in [-0.39, 0.29) is 52.5 Å². The van der Waals surface area contributed by atoms with E-state index in [0.717, 1.165) is 0 Å². The molecule has 45 heavy (non-hydrogen) atoms. The second kappa shape index (κ2) is 10.8. The average molecular weight is 626 g/mol. The van der Waals surface area contributed by atoms with Crippen LogP contribution in [0.4, 0.5) is 0 Å². The van der Waals surface area contributed by atoms with E-state index in [1.807, 2.05) is 13.8 Å². The van der Waals surface area contributed by atoms with Gasteiger partial charge in [0.2, 0.25) is 5.78 Å². The molecule has 5 aliphatic rings. The number of carbonyl (C=O) groups is 3. The molecule has 3 aliphatic heterocycles. The first-order valence-corrected chi connectivity index (χ1v) is 15.1. The number of phenolic OH excluding ortho intramolecular Hbond substituents is 2. The van der Waals surface area contributed by atoms with Gasteiger partial charge in [0.15, 0.2) is 17.9 Å². The lowest BCUT2D eigenvalue weighted by Gasteiger charge is -2.43. The molecule has 3 heterocycles. The zero-order valence-electron chi connectivity index (χ0n) is 25.0. The second-order valence-corrected chi connectivity index (χ2v) is 12.4. The summed E-state index contributed by atoms with van der Waals surface area (Å²) in [6.07, 6.45) is -3.85. The Balaban J connectivity index is 1.31. The van der Waals surface area contributed by atoms with Gasteiger partial charge in [0.1, 0.15) is 41.8 Å². The quantitative estimate of drug-likeness (QED) is 0.297. The van der Waals surface area contributed by atoms with E-state index < -0.39 is 83.5 Å². The van der Waals surface area contributed by atoms with E-state index >= 15 is 0 Å². The fraction of sp³-hybridized carbons (Fsp3) is 0.531. The number of aliphatic hydroxyl groups excluding tert-OH is 1. The van der Waals surface area contributed by atoms with Crippen LogP contribution in [0.1, 0.15) is 75.8 Å². The van der Waals surface area contributed by atoms with Crippen molar-refractivity contribution >= 4 is 17.3 Å². The fourth-order valence-electron chi connectivity index (χ4n) is 7.73. The first-order chi connectivity index (χ1) is 21.5. The summed E-state index contributed by atoms with van der Waals surface area (Å²) in [6, 6.07) is 4.36. The van der Waals surface area contributed by atoms with Crippen LogP contribution < -0.4 is 4.74 Å². The van der Waals surface area contributed by atoms with Crippen molar-refractivity contribution in [2.75, 3.05) is 26.9 Å². The third kappa shape index (κ3) is 4.44. The minimum Gasteiger partial charge on any atom is -0.507 e. The molecule has 7 rings (SSSR count). The summed E-state index contributed by atoms with van der Waals surface area (Å²) < 4.78 is 30.0. The number of aromatic hydroxyl groups is 2. The van der Waals surface area contributed by atoms with Gasteiger partial charge in [0.05, 0.1) is 48.7 Å². The number of morpholine rings is 1. The number of hydrogen-bond acceptors (Lipinski definition) is 13. The number of ether oxygens (including phenoxy) is 5. The highest BCUT2D eigenvalue weighted by Gasteiger charge is 2.54. The van der Waals surface area contributed by atoms with Crippen molar-refractivity contribution in [3.05, 3.63) is 51.6 Å². The average Bonchev–Trinajstić information content (AvgIpc) is 3.41. The van der Waals surface area contributed by atoms with Crippen LogP contribution in [-0.4, -0.2) is 112 Å². The minimum atomic E-state index is -2.21. The number of carbonyl (C=O) groups excluding carboxylic acids is 3. The van der Waals surface area contributed by atoms with Crippen molar-refractivity contribution in [1.82, 2.24) is 4.90 Å². The fourth-order valence-corrected chi connectivity index (χ4v) is 7.73. The van der Waals surface area contributed by atoms with Gasteiger partial charge in [0.25, 0.3) is 0 Å². The maximum Gasteiger partial charge on any atom is 0.202 e. The molecule has 3 fully saturated rings. The lowest BCUT2D eigenvalue weighted by molar-refractivity contribution is -0.247. The Labute approximate surface area is 258 Å². The molecule has 13 heteroatoms. The molecule has 0 saturated carbocycles. The van der Waals surface area contributed by atoms with Crippen LogP contribution in [0.5, 0.6) is 17.2 Å². The van der Waals surface area contributed by atoms with E-state index in [1.165, 1.54) is 25.3 Å². The monoisotopic (exact) mass is 625 g/mol. The number of phenols is 2. The Morgan fingerprint density at radius 3 is 2.56 bits per heavy atom. The van der Waals surface area contributed by atoms with Crippen molar-refractivity contribution in [1.29, 1.82) is 0 Å². The molecule has 0 spiro atoms. The molecule has 0 amide bonds. The van der Waals surface area contributed by atoms with Crippen LogP contribution >= 0.6 is 0 Å². The number of methoxy groups -OCH3 is 1. The van der Waals surface area contributed by atoms with Gasteiger partial charge in [-0.1, -0.05) is 12.1 Å². The first-order valence-electron chi connectivity index (χ1n) is 15.1. The molecule has 4 N–H and O–H groups in total. The van der Waals surface area contributed by atoms with E-state index in [9.17, 15) is 34.8 Å². The zero-order valence-corrected chi connectivity index (χ0v) is 25.0. The number of rotatable bonds is 5. The molecule has 0 radical (unpaired) electrons. The Bertz CT molecular complexity index is 1610. The van der Waals surface area contributed by atoms with E-state index in [0.29, 0.717) is 19.6 Å². The number of nitrogens with zero attached hydrogens (tertiary/aromatic N) is 1. The zero-order chi connectivity index (χ0) is 31.9. The molecule has 13 nitrogen and oxygen atoms in total. The molecule has 2 unspecified atom stereocenters. The maximum absolute atomic E-state index is 13.9. The van der Waals surface area contributed by atoms with Gasteiger partial charge in [-0.05, 0) is 19.9 Å². The predicted octanol–water partition coefficient (Wildman–Crippen LogP) is 1.13. The molecule has 8 atom stereocenters. The first kappa shape index (κ1) is 30.2. The number of ketones is 3. The molecule has 2 aliphatic carbocycles. The third-order valence-electron chi connectivity index (χ3n) is 9.88. The Hall–Kier alpha value is -3.43. The summed E-state index contributed by atoms with van der Waals surface area (Å²) in [4.78, 5) is 42.6. The Kier molecular flexibility index (Phi) is 7.28. The van der Waals surface area contributed by atoms with Crippen molar-refractivity contribution in [2.24, 2.45) is 0 Å². The molecule has 3 saturated heterocycles. The molecular weight excluding hydrogens is 590 g/mol. The standard InChI is InChI=1S/C32H35NO12/c1-13-30-17(33-7-8-42-14(2)31(33)45-30)9-21(43-13)44-19-11-32(40,20(35)12-34)10-16-23(19)29(39)25-24(27(16)37)26(36)15-5-4-6-18(41-3)22(15)28(25)38/h4-6,13-14,17,19,21,30-31,34,37,39-40H,7-12H2,1-3H3/t13-,14+,17?,19-,21-,30?,31+,32-/m0/s1. The molecular formula is C32H35NO12. The van der Waals surface area contributed by atoms with Crippen LogP contribution in [0, 0.1) is 0 Å². The van der Waals surface area contributed by atoms with E-state index in [4.69, 9.17) is 23.7 Å². The maximum atomic E-state index is 13.9. The van der Waals surface area contributed by atoms with Crippen LogP contribution in [0.15, 0.2) is 18.2 Å². The van der Waals surface area contributed by atoms with E-state index in [1.54, 1.807) is 0 Å². The summed E-state index contributed by atoms with van der Waals surface area (Å²) in [5, 5.41) is 44.5. The van der Waals surface area contributed by atoms with Gasteiger partial charge in [-0.15, -0.1) is 0 Å². The van der Waals surface area contributed by atoms with Gasteiger partial charge in [0, 0.05) is 48.5 Å². The smallest absolute Gasteiger partial charge is 0.202 e. The number of fused-ring (bicyclic) bond motifs is 6. The number of benzene rings is 2. The lowest BCUT2D eigenvalue weighted by Crippen LogP contribution is -2.54. The van der Waals surface area contributed by atoms with Crippen molar-refractivity contribution in [3.8, 4) is 17.2 Å². The highest BCUT2D eigenvalue weighted by molar-refractivity contribution is 6.31. The van der Waals surface area contributed by atoms with Crippen molar-refractivity contribution in [2.45, 2.75) is 81.7 Å². The highest BCUT2D eigenvalue weighted by Crippen LogP contribution is 2.53. The Morgan fingerprint density at radius 2 is 1.82 bits per heavy atom. The van der Waals surface area contributed by atoms with Crippen molar-refractivity contribution < 1.29 is 58.5 Å².